The van der Waals surface area contributed by atoms with E-state index < -0.39 is 6.03 Å². The monoisotopic (exact) mass is 422 g/mol. The topological polar surface area (TPSA) is 73.0 Å². The van der Waals surface area contributed by atoms with Crippen LogP contribution in [0.3, 0.4) is 0 Å². The molecule has 0 atom stereocenters. The Morgan fingerprint density at radius 1 is 0.968 bits per heavy atom. The number of carbonyl (C=O) groups excluding carboxylic acids is 3. The number of imide groups is 1. The van der Waals surface area contributed by atoms with Crippen molar-refractivity contribution in [2.24, 2.45) is 0 Å². The fourth-order valence-corrected chi connectivity index (χ4v) is 3.78. The average molecular weight is 423 g/mol. The summed E-state index contributed by atoms with van der Waals surface area (Å²) in [5, 5.41) is 2.30. The van der Waals surface area contributed by atoms with Crippen molar-refractivity contribution in [2.45, 2.75) is 18.9 Å². The van der Waals surface area contributed by atoms with Crippen LogP contribution in [0.15, 0.2) is 60.7 Å². The van der Waals surface area contributed by atoms with E-state index in [1.165, 1.54) is 4.90 Å². The van der Waals surface area contributed by atoms with Gasteiger partial charge in [0, 0.05) is 19.5 Å². The summed E-state index contributed by atoms with van der Waals surface area (Å²) in [6.45, 7) is 1.60. The minimum Gasteiger partial charge on any atom is -0.330 e. The van der Waals surface area contributed by atoms with E-state index in [-0.39, 0.29) is 37.4 Å². The predicted octanol–water partition coefficient (Wildman–Crippen LogP) is 2.50. The zero-order chi connectivity index (χ0) is 22.2. The number of nitrogens with zero attached hydrogens (tertiary/aromatic N) is 3. The van der Waals surface area contributed by atoms with Crippen LogP contribution in [0.25, 0.3) is 0 Å². The molecule has 1 aliphatic heterocycles. The number of rotatable bonds is 9. The minimum absolute atomic E-state index is 0.0583. The lowest BCUT2D eigenvalue weighted by Crippen LogP contribution is -2.53. The van der Waals surface area contributed by atoms with Crippen molar-refractivity contribution in [3.63, 3.8) is 0 Å². The lowest BCUT2D eigenvalue weighted by molar-refractivity contribution is -0.134. The Morgan fingerprint density at radius 3 is 2.06 bits per heavy atom. The molecule has 31 heavy (non-hydrogen) atoms. The van der Waals surface area contributed by atoms with Crippen molar-refractivity contribution in [2.75, 3.05) is 40.3 Å². The molecule has 1 aliphatic rings. The highest BCUT2D eigenvalue weighted by atomic mass is 16.2. The Labute approximate surface area is 183 Å². The van der Waals surface area contributed by atoms with E-state index in [2.05, 4.69) is 10.2 Å². The number of hydrogen-bond acceptors (Lipinski definition) is 4. The molecule has 164 valence electrons. The summed E-state index contributed by atoms with van der Waals surface area (Å²) in [5.41, 5.74) is 2.04. The molecule has 7 heteroatoms. The van der Waals surface area contributed by atoms with Crippen LogP contribution in [0.2, 0.25) is 0 Å². The van der Waals surface area contributed by atoms with E-state index in [0.717, 1.165) is 24.1 Å². The van der Waals surface area contributed by atoms with Crippen LogP contribution < -0.4 is 5.32 Å². The molecule has 3 rings (SSSR count). The largest absolute Gasteiger partial charge is 0.330 e. The lowest BCUT2D eigenvalue weighted by atomic mass is 9.96. The van der Waals surface area contributed by atoms with E-state index >= 15 is 0 Å². The molecule has 0 spiro atoms. The molecule has 0 radical (unpaired) electrons. The van der Waals surface area contributed by atoms with Crippen molar-refractivity contribution >= 4 is 17.8 Å². The Morgan fingerprint density at radius 2 is 1.55 bits per heavy atom. The van der Waals surface area contributed by atoms with Crippen LogP contribution in [0.5, 0.6) is 0 Å². The molecule has 0 aliphatic carbocycles. The molecule has 0 bridgehead atoms. The summed E-state index contributed by atoms with van der Waals surface area (Å²) in [5.74, 6) is -0.441. The van der Waals surface area contributed by atoms with Gasteiger partial charge < -0.3 is 14.7 Å². The molecule has 1 fully saturated rings. The van der Waals surface area contributed by atoms with Crippen LogP contribution in [0.4, 0.5) is 4.79 Å². The van der Waals surface area contributed by atoms with Crippen molar-refractivity contribution in [1.29, 1.82) is 0 Å². The Kier molecular flexibility index (Phi) is 7.78. The molecule has 0 saturated carbocycles. The van der Waals surface area contributed by atoms with Crippen LogP contribution in [0, 0.1) is 0 Å². The second kappa shape index (κ2) is 10.7. The summed E-state index contributed by atoms with van der Waals surface area (Å²) in [4.78, 5) is 42.5. The molecule has 7 nitrogen and oxygen atoms in total. The van der Waals surface area contributed by atoms with E-state index in [9.17, 15) is 14.4 Å². The van der Waals surface area contributed by atoms with Gasteiger partial charge in [0.2, 0.25) is 11.8 Å². The molecular formula is C24H30N4O3. The van der Waals surface area contributed by atoms with Crippen molar-refractivity contribution in [3.8, 4) is 0 Å². The highest BCUT2D eigenvalue weighted by Crippen LogP contribution is 2.29. The number of amides is 4. The van der Waals surface area contributed by atoms with Gasteiger partial charge in [0.1, 0.15) is 6.54 Å². The van der Waals surface area contributed by atoms with Crippen molar-refractivity contribution in [1.82, 2.24) is 20.0 Å². The molecular weight excluding hydrogens is 392 g/mol. The SMILES string of the molecule is CN(C)CCCN(C(=O)CN1CCC(=O)NC1=O)C(c1ccccc1)c1ccccc1. The normalized spacial score (nSPS) is 14.1. The molecule has 1 heterocycles. The van der Waals surface area contributed by atoms with Gasteiger partial charge in [-0.05, 0) is 38.2 Å². The third-order valence-electron chi connectivity index (χ3n) is 5.34. The Balaban J connectivity index is 1.90. The van der Waals surface area contributed by atoms with Crippen LogP contribution >= 0.6 is 0 Å². The van der Waals surface area contributed by atoms with Crippen LogP contribution in [0.1, 0.15) is 30.0 Å². The van der Waals surface area contributed by atoms with Gasteiger partial charge in [-0.25, -0.2) is 4.79 Å². The molecule has 0 unspecified atom stereocenters. The van der Waals surface area contributed by atoms with Crippen molar-refractivity contribution in [3.05, 3.63) is 71.8 Å². The van der Waals surface area contributed by atoms with Gasteiger partial charge in [0.05, 0.1) is 6.04 Å². The second-order valence-corrected chi connectivity index (χ2v) is 7.99. The summed E-state index contributed by atoms with van der Waals surface area (Å²) in [6.07, 6.45) is 1.01. The van der Waals surface area contributed by atoms with Crippen molar-refractivity contribution < 1.29 is 14.4 Å². The lowest BCUT2D eigenvalue weighted by Gasteiger charge is -2.35. The smallest absolute Gasteiger partial charge is 0.324 e. The third kappa shape index (κ3) is 6.15. The number of benzene rings is 2. The second-order valence-electron chi connectivity index (χ2n) is 7.99. The fraction of sp³-hybridized carbons (Fsp3) is 0.375. The molecule has 1 N–H and O–H groups in total. The van der Waals surface area contributed by atoms with E-state index in [4.69, 9.17) is 0 Å². The molecule has 2 aromatic rings. The van der Waals surface area contributed by atoms with Gasteiger partial charge in [-0.15, -0.1) is 0 Å². The Hall–Kier alpha value is -3.19. The van der Waals surface area contributed by atoms with Gasteiger partial charge in [-0.2, -0.15) is 0 Å². The number of carbonyl (C=O) groups is 3. The quantitative estimate of drug-likeness (QED) is 0.674. The van der Waals surface area contributed by atoms with Gasteiger partial charge >= 0.3 is 6.03 Å². The van der Waals surface area contributed by atoms with E-state index in [1.807, 2.05) is 79.7 Å². The predicted molar refractivity (Wildman–Crippen MR) is 119 cm³/mol. The third-order valence-corrected chi connectivity index (χ3v) is 5.34. The van der Waals surface area contributed by atoms with E-state index in [1.54, 1.807) is 0 Å². The van der Waals surface area contributed by atoms with Gasteiger partial charge in [0.25, 0.3) is 0 Å². The minimum atomic E-state index is -0.506. The number of urea groups is 1. The van der Waals surface area contributed by atoms with Gasteiger partial charge in [0.15, 0.2) is 0 Å². The fourth-order valence-electron chi connectivity index (χ4n) is 3.78. The summed E-state index contributed by atoms with van der Waals surface area (Å²) in [6, 6.07) is 19.1. The molecule has 4 amide bonds. The maximum absolute atomic E-state index is 13.5. The maximum Gasteiger partial charge on any atom is 0.324 e. The zero-order valence-corrected chi connectivity index (χ0v) is 18.2. The van der Waals surface area contributed by atoms with Crippen LogP contribution in [-0.4, -0.2) is 72.8 Å². The zero-order valence-electron chi connectivity index (χ0n) is 18.2. The summed E-state index contributed by atoms with van der Waals surface area (Å²) < 4.78 is 0. The summed E-state index contributed by atoms with van der Waals surface area (Å²) >= 11 is 0. The number of nitrogens with one attached hydrogen (secondary N) is 1. The first-order valence-electron chi connectivity index (χ1n) is 10.6. The first-order chi connectivity index (χ1) is 15.0. The van der Waals surface area contributed by atoms with E-state index in [0.29, 0.717) is 6.54 Å². The standard InChI is InChI=1S/C24H30N4O3/c1-26(2)15-9-16-28(22(30)18-27-17-14-21(29)25-24(27)31)23(19-10-5-3-6-11-19)20-12-7-4-8-13-20/h3-8,10-13,23H,9,14-18H2,1-2H3,(H,25,29,31). The first kappa shape index (κ1) is 22.5. The molecule has 2 aromatic carbocycles. The highest BCUT2D eigenvalue weighted by molar-refractivity contribution is 5.98. The van der Waals surface area contributed by atoms with Gasteiger partial charge in [-0.3, -0.25) is 14.9 Å². The molecule has 1 saturated heterocycles. The first-order valence-corrected chi connectivity index (χ1v) is 10.6. The average Bonchev–Trinajstić information content (AvgIpc) is 2.76. The van der Waals surface area contributed by atoms with Gasteiger partial charge in [-0.1, -0.05) is 60.7 Å². The Bertz CT molecular complexity index is 847. The maximum atomic E-state index is 13.5. The molecule has 0 aromatic heterocycles. The van der Waals surface area contributed by atoms with Crippen LogP contribution in [-0.2, 0) is 9.59 Å². The summed E-state index contributed by atoms with van der Waals surface area (Å²) in [7, 11) is 4.01. The highest BCUT2D eigenvalue weighted by Gasteiger charge is 2.31. The number of hydrogen-bond donors (Lipinski definition) is 1.